The predicted octanol–water partition coefficient (Wildman–Crippen LogP) is 5.04. The topological polar surface area (TPSA) is 28.7 Å². The summed E-state index contributed by atoms with van der Waals surface area (Å²) in [7, 11) is 0. The highest BCUT2D eigenvalue weighted by Crippen LogP contribution is 2.36. The van der Waals surface area contributed by atoms with Crippen molar-refractivity contribution in [2.45, 2.75) is 19.3 Å². The molecule has 0 bridgehead atoms. The fourth-order valence-corrected chi connectivity index (χ4v) is 3.24. The van der Waals surface area contributed by atoms with Crippen LogP contribution in [0.5, 0.6) is 0 Å². The minimum absolute atomic E-state index is 0.151. The van der Waals surface area contributed by atoms with Gasteiger partial charge in [-0.25, -0.2) is 0 Å². The highest BCUT2D eigenvalue weighted by molar-refractivity contribution is 6.08. The molecule has 0 radical (unpaired) electrons. The molecule has 0 atom stereocenters. The van der Waals surface area contributed by atoms with Gasteiger partial charge in [-0.05, 0) is 17.7 Å². The van der Waals surface area contributed by atoms with Crippen LogP contribution in [0.4, 0.5) is 0 Å². The van der Waals surface area contributed by atoms with E-state index in [2.05, 4.69) is 79.5 Å². The third-order valence-corrected chi connectivity index (χ3v) is 4.52. The Labute approximate surface area is 129 Å². The lowest BCUT2D eigenvalue weighted by Gasteiger charge is -2.25. The smallest absolute Gasteiger partial charge is 0.0744 e. The zero-order chi connectivity index (χ0) is 15.2. The van der Waals surface area contributed by atoms with Crippen LogP contribution in [0, 0.1) is 0 Å². The van der Waals surface area contributed by atoms with Gasteiger partial charge in [0.05, 0.1) is 11.2 Å². The second-order valence-corrected chi connectivity index (χ2v) is 6.24. The molecule has 0 fully saturated rings. The van der Waals surface area contributed by atoms with Crippen LogP contribution in [-0.2, 0) is 5.41 Å². The van der Waals surface area contributed by atoms with Gasteiger partial charge in [0.1, 0.15) is 0 Å². The van der Waals surface area contributed by atoms with Crippen molar-refractivity contribution in [2.24, 2.45) is 0 Å². The Kier molecular flexibility index (Phi) is 2.80. The fraction of sp³-hybridized carbons (Fsp3) is 0.150. The molecule has 0 aliphatic carbocycles. The molecule has 4 aromatic rings. The number of pyridine rings is 1. The molecule has 1 N–H and O–H groups in total. The summed E-state index contributed by atoms with van der Waals surface area (Å²) in [5.41, 5.74) is 4.51. The molecule has 108 valence electrons. The van der Waals surface area contributed by atoms with Gasteiger partial charge >= 0.3 is 0 Å². The molecule has 2 aromatic heterocycles. The first-order valence-electron chi connectivity index (χ1n) is 7.59. The summed E-state index contributed by atoms with van der Waals surface area (Å²) in [6.45, 7) is 4.46. The van der Waals surface area contributed by atoms with Gasteiger partial charge < -0.3 is 4.98 Å². The van der Waals surface area contributed by atoms with Gasteiger partial charge in [0.2, 0.25) is 0 Å². The average molecular weight is 286 g/mol. The Morgan fingerprint density at radius 1 is 0.818 bits per heavy atom. The molecule has 2 heterocycles. The molecule has 0 amide bonds. The van der Waals surface area contributed by atoms with Crippen molar-refractivity contribution < 1.29 is 0 Å². The predicted molar refractivity (Wildman–Crippen MR) is 92.2 cm³/mol. The maximum Gasteiger partial charge on any atom is 0.0744 e. The molecular weight excluding hydrogens is 268 g/mol. The Morgan fingerprint density at radius 2 is 1.55 bits per heavy atom. The number of fused-ring (bicyclic) bond motifs is 3. The molecule has 2 heteroatoms. The number of para-hydroxylation sites is 1. The van der Waals surface area contributed by atoms with E-state index in [4.69, 9.17) is 4.98 Å². The molecule has 0 unspecified atom stereocenters. The van der Waals surface area contributed by atoms with Gasteiger partial charge in [-0.2, -0.15) is 0 Å². The SMILES string of the molecule is CC(C)(c1ccccc1)c1nccc2c1[nH]c1ccccc12. The number of nitrogens with zero attached hydrogens (tertiary/aromatic N) is 1. The average Bonchev–Trinajstić information content (AvgIpc) is 2.94. The van der Waals surface area contributed by atoms with Crippen molar-refractivity contribution >= 4 is 21.8 Å². The zero-order valence-electron chi connectivity index (χ0n) is 12.8. The van der Waals surface area contributed by atoms with Crippen molar-refractivity contribution in [3.05, 3.63) is 78.1 Å². The molecular formula is C20H18N2. The summed E-state index contributed by atoms with van der Waals surface area (Å²) in [5.74, 6) is 0. The van der Waals surface area contributed by atoms with Crippen molar-refractivity contribution in [3.8, 4) is 0 Å². The minimum atomic E-state index is -0.151. The Hall–Kier alpha value is -2.61. The monoisotopic (exact) mass is 286 g/mol. The molecule has 22 heavy (non-hydrogen) atoms. The van der Waals surface area contributed by atoms with E-state index >= 15 is 0 Å². The molecule has 0 saturated carbocycles. The normalized spacial score (nSPS) is 12.1. The number of nitrogens with one attached hydrogen (secondary N) is 1. The van der Waals surface area contributed by atoms with E-state index < -0.39 is 0 Å². The van der Waals surface area contributed by atoms with E-state index in [0.29, 0.717) is 0 Å². The number of H-pyrrole nitrogens is 1. The first-order valence-corrected chi connectivity index (χ1v) is 7.59. The van der Waals surface area contributed by atoms with E-state index in [1.807, 2.05) is 6.20 Å². The molecule has 2 nitrogen and oxygen atoms in total. The zero-order valence-corrected chi connectivity index (χ0v) is 12.8. The van der Waals surface area contributed by atoms with E-state index in [-0.39, 0.29) is 5.41 Å². The number of hydrogen-bond acceptors (Lipinski definition) is 1. The number of benzene rings is 2. The van der Waals surface area contributed by atoms with Crippen LogP contribution in [0.1, 0.15) is 25.1 Å². The third-order valence-electron chi connectivity index (χ3n) is 4.52. The molecule has 2 aromatic carbocycles. The summed E-state index contributed by atoms with van der Waals surface area (Å²) in [6, 6.07) is 21.1. The number of hydrogen-bond donors (Lipinski definition) is 1. The van der Waals surface area contributed by atoms with Crippen molar-refractivity contribution in [3.63, 3.8) is 0 Å². The van der Waals surface area contributed by atoms with E-state index in [0.717, 1.165) is 16.7 Å². The largest absolute Gasteiger partial charge is 0.353 e. The van der Waals surface area contributed by atoms with Gasteiger partial charge in [0, 0.05) is 27.9 Å². The maximum atomic E-state index is 4.72. The fourth-order valence-electron chi connectivity index (χ4n) is 3.24. The Balaban J connectivity index is 2.03. The lowest BCUT2D eigenvalue weighted by Crippen LogP contribution is -2.20. The standard InChI is InChI=1S/C20H18N2/c1-20(2,14-8-4-3-5-9-14)19-18-16(12-13-21-19)15-10-6-7-11-17(15)22-18/h3-13,22H,1-2H3. The third kappa shape index (κ3) is 1.84. The summed E-state index contributed by atoms with van der Waals surface area (Å²) >= 11 is 0. The molecule has 4 rings (SSSR count). The van der Waals surface area contributed by atoms with Gasteiger partial charge in [-0.3, -0.25) is 4.98 Å². The Morgan fingerprint density at radius 3 is 2.36 bits per heavy atom. The molecule has 0 spiro atoms. The summed E-state index contributed by atoms with van der Waals surface area (Å²) in [4.78, 5) is 8.28. The van der Waals surface area contributed by atoms with Crippen LogP contribution >= 0.6 is 0 Å². The number of aromatic amines is 1. The van der Waals surface area contributed by atoms with Crippen molar-refractivity contribution in [1.82, 2.24) is 9.97 Å². The highest BCUT2D eigenvalue weighted by atomic mass is 14.8. The first-order chi connectivity index (χ1) is 10.7. The second kappa shape index (κ2) is 4.70. The summed E-state index contributed by atoms with van der Waals surface area (Å²) in [6.07, 6.45) is 1.92. The molecule has 0 aliphatic rings. The van der Waals surface area contributed by atoms with Gasteiger partial charge in [0.15, 0.2) is 0 Å². The second-order valence-electron chi connectivity index (χ2n) is 6.24. The van der Waals surface area contributed by atoms with E-state index in [1.165, 1.54) is 16.3 Å². The summed E-state index contributed by atoms with van der Waals surface area (Å²) in [5, 5.41) is 2.50. The van der Waals surface area contributed by atoms with Crippen LogP contribution in [0.2, 0.25) is 0 Å². The lowest BCUT2D eigenvalue weighted by atomic mass is 9.80. The maximum absolute atomic E-state index is 4.72. The van der Waals surface area contributed by atoms with Crippen molar-refractivity contribution in [2.75, 3.05) is 0 Å². The van der Waals surface area contributed by atoms with Gasteiger partial charge in [-0.1, -0.05) is 62.4 Å². The van der Waals surface area contributed by atoms with Gasteiger partial charge in [0.25, 0.3) is 0 Å². The van der Waals surface area contributed by atoms with Crippen LogP contribution < -0.4 is 0 Å². The van der Waals surface area contributed by atoms with Crippen LogP contribution in [0.15, 0.2) is 66.9 Å². The number of rotatable bonds is 2. The first kappa shape index (κ1) is 13.1. The van der Waals surface area contributed by atoms with Crippen LogP contribution in [-0.4, -0.2) is 9.97 Å². The minimum Gasteiger partial charge on any atom is -0.353 e. The van der Waals surface area contributed by atoms with Crippen molar-refractivity contribution in [1.29, 1.82) is 0 Å². The van der Waals surface area contributed by atoms with Crippen LogP contribution in [0.25, 0.3) is 21.8 Å². The molecule has 0 saturated heterocycles. The summed E-state index contributed by atoms with van der Waals surface area (Å²) < 4.78 is 0. The van der Waals surface area contributed by atoms with Crippen LogP contribution in [0.3, 0.4) is 0 Å². The molecule has 0 aliphatic heterocycles. The highest BCUT2D eigenvalue weighted by Gasteiger charge is 2.27. The Bertz CT molecular complexity index is 949. The quantitative estimate of drug-likeness (QED) is 0.549. The van der Waals surface area contributed by atoms with E-state index in [1.54, 1.807) is 0 Å². The van der Waals surface area contributed by atoms with Gasteiger partial charge in [-0.15, -0.1) is 0 Å². The lowest BCUT2D eigenvalue weighted by molar-refractivity contribution is 0.623. The van der Waals surface area contributed by atoms with E-state index in [9.17, 15) is 0 Å². The number of aromatic nitrogens is 2.